The van der Waals surface area contributed by atoms with Gasteiger partial charge in [-0.1, -0.05) is 0 Å². The fourth-order valence-electron chi connectivity index (χ4n) is 0.746. The summed E-state index contributed by atoms with van der Waals surface area (Å²) in [6.45, 7) is 1.66. The number of hydrogen-bond donors (Lipinski definition) is 3. The molecule has 0 fully saturated rings. The van der Waals surface area contributed by atoms with Crippen LogP contribution in [-0.2, 0) is 4.79 Å². The van der Waals surface area contributed by atoms with Crippen molar-refractivity contribution in [2.45, 2.75) is 13.3 Å². The average molecular weight is 196 g/mol. The summed E-state index contributed by atoms with van der Waals surface area (Å²) in [5, 5.41) is 21.1. The topological polar surface area (TPSA) is 127 Å². The Balaban J connectivity index is 2.89. The summed E-state index contributed by atoms with van der Waals surface area (Å²) in [7, 11) is 0. The summed E-state index contributed by atoms with van der Waals surface area (Å²) in [6, 6.07) is 0. The second kappa shape index (κ2) is 4.21. The highest BCUT2D eigenvalue weighted by Gasteiger charge is 2.07. The van der Waals surface area contributed by atoms with Gasteiger partial charge >= 0.3 is 5.97 Å². The number of carbonyl (C=O) groups is 1. The Kier molecular flexibility index (Phi) is 3.00. The minimum atomic E-state index is -1.10. The van der Waals surface area contributed by atoms with E-state index in [-0.39, 0.29) is 11.7 Å². The first-order valence-corrected chi connectivity index (χ1v) is 3.67. The highest BCUT2D eigenvalue weighted by Crippen LogP contribution is 2.11. The Morgan fingerprint density at radius 1 is 1.64 bits per heavy atom. The first-order chi connectivity index (χ1) is 6.63. The molecule has 0 amide bonds. The molecule has 3 N–H and O–H groups in total. The molecular formula is C6H8N6O2. The Morgan fingerprint density at radius 2 is 2.36 bits per heavy atom. The number of nitrogens with one attached hydrogen (secondary N) is 2. The van der Waals surface area contributed by atoms with E-state index in [9.17, 15) is 4.79 Å². The molecule has 1 heterocycles. The van der Waals surface area contributed by atoms with Gasteiger partial charge in [-0.3, -0.25) is 4.79 Å². The molecule has 8 heteroatoms. The summed E-state index contributed by atoms with van der Waals surface area (Å²) in [5.41, 5.74) is 7.22. The van der Waals surface area contributed by atoms with E-state index in [0.29, 0.717) is 5.69 Å². The van der Waals surface area contributed by atoms with Crippen molar-refractivity contribution in [2.75, 3.05) is 0 Å². The molecule has 0 saturated carbocycles. The molecule has 14 heavy (non-hydrogen) atoms. The quantitative estimate of drug-likeness (QED) is 0.372. The Bertz CT molecular complexity index is 381. The van der Waals surface area contributed by atoms with Gasteiger partial charge in [-0.15, -0.1) is 10.2 Å². The maximum Gasteiger partial charge on any atom is 0.311 e. The van der Waals surface area contributed by atoms with Gasteiger partial charge in [-0.25, -0.2) is 10.5 Å². The lowest BCUT2D eigenvalue weighted by atomic mass is 10.4. The zero-order chi connectivity index (χ0) is 10.6. The van der Waals surface area contributed by atoms with Crippen molar-refractivity contribution in [1.29, 1.82) is 5.53 Å². The number of aromatic nitrogens is 3. The fourth-order valence-corrected chi connectivity index (χ4v) is 0.746. The standard InChI is InChI=1S/C6H8N6O2/c1-3-6(11-12-10-3)8-4(9-7)2-5(13)14/h7H,2H2,1H3,(H,13,14)(H,10,11,12). The largest absolute Gasteiger partial charge is 0.481 e. The van der Waals surface area contributed by atoms with Crippen molar-refractivity contribution in [1.82, 2.24) is 15.4 Å². The van der Waals surface area contributed by atoms with E-state index in [4.69, 9.17) is 10.6 Å². The highest BCUT2D eigenvalue weighted by molar-refractivity contribution is 5.98. The molecule has 1 aromatic rings. The van der Waals surface area contributed by atoms with Gasteiger partial charge in [0.15, 0.2) is 11.7 Å². The first-order valence-electron chi connectivity index (χ1n) is 3.67. The van der Waals surface area contributed by atoms with Crippen molar-refractivity contribution in [3.63, 3.8) is 0 Å². The number of hydrogen-bond acceptors (Lipinski definition) is 5. The summed E-state index contributed by atoms with van der Waals surface area (Å²) < 4.78 is 0. The van der Waals surface area contributed by atoms with Crippen LogP contribution in [0.2, 0.25) is 0 Å². The third kappa shape index (κ3) is 2.44. The molecule has 8 nitrogen and oxygen atoms in total. The predicted molar refractivity (Wildman–Crippen MR) is 45.6 cm³/mol. The van der Waals surface area contributed by atoms with Crippen LogP contribution in [0.15, 0.2) is 10.1 Å². The zero-order valence-electron chi connectivity index (χ0n) is 7.35. The molecule has 0 aliphatic carbocycles. The number of carboxylic acids is 1. The molecule has 0 aliphatic rings. The van der Waals surface area contributed by atoms with Crippen LogP contribution in [-0.4, -0.2) is 32.3 Å². The Labute approximate surface area is 78.6 Å². The number of amidine groups is 1. The monoisotopic (exact) mass is 196 g/mol. The molecule has 0 aliphatic heterocycles. The van der Waals surface area contributed by atoms with Gasteiger partial charge in [0.2, 0.25) is 0 Å². The van der Waals surface area contributed by atoms with Crippen LogP contribution in [0.4, 0.5) is 5.82 Å². The summed E-state index contributed by atoms with van der Waals surface area (Å²) in [6.07, 6.45) is -0.407. The Morgan fingerprint density at radius 3 is 2.79 bits per heavy atom. The number of aliphatic carboxylic acids is 1. The van der Waals surface area contributed by atoms with Crippen LogP contribution in [0.25, 0.3) is 0 Å². The van der Waals surface area contributed by atoms with Crippen LogP contribution in [0.1, 0.15) is 12.1 Å². The number of aliphatic imine (C=N–C) groups is 1. The molecule has 0 spiro atoms. The molecule has 0 atom stereocenters. The summed E-state index contributed by atoms with van der Waals surface area (Å²) in [5.74, 6) is -0.965. The lowest BCUT2D eigenvalue weighted by Crippen LogP contribution is -2.03. The van der Waals surface area contributed by atoms with E-state index in [1.165, 1.54) is 0 Å². The minimum absolute atomic E-state index is 0.116. The number of aryl methyl sites for hydroxylation is 1. The van der Waals surface area contributed by atoms with Gasteiger partial charge in [0, 0.05) is 0 Å². The summed E-state index contributed by atoms with van der Waals surface area (Å²) in [4.78, 5) is 14.1. The number of nitrogens with zero attached hydrogens (tertiary/aromatic N) is 4. The van der Waals surface area contributed by atoms with Crippen LogP contribution < -0.4 is 0 Å². The molecule has 1 rings (SSSR count). The molecular weight excluding hydrogens is 188 g/mol. The van der Waals surface area contributed by atoms with E-state index in [0.717, 1.165) is 0 Å². The van der Waals surface area contributed by atoms with Crippen LogP contribution in [0.5, 0.6) is 0 Å². The lowest BCUT2D eigenvalue weighted by molar-refractivity contribution is -0.135. The minimum Gasteiger partial charge on any atom is -0.481 e. The zero-order valence-corrected chi connectivity index (χ0v) is 7.35. The third-order valence-electron chi connectivity index (χ3n) is 1.37. The van der Waals surface area contributed by atoms with E-state index in [1.807, 2.05) is 0 Å². The summed E-state index contributed by atoms with van der Waals surface area (Å²) >= 11 is 0. The molecule has 0 bridgehead atoms. The maximum absolute atomic E-state index is 10.3. The fraction of sp³-hybridized carbons (Fsp3) is 0.333. The predicted octanol–water partition coefficient (Wildman–Crippen LogP) is 0.649. The second-order valence-electron chi connectivity index (χ2n) is 2.44. The number of rotatable bonds is 3. The van der Waals surface area contributed by atoms with Crippen LogP contribution in [0, 0.1) is 12.5 Å². The molecule has 1 aromatic heterocycles. The lowest BCUT2D eigenvalue weighted by Gasteiger charge is -1.92. The third-order valence-corrected chi connectivity index (χ3v) is 1.37. The number of carboxylic acid groups (broad SMARTS) is 1. The van der Waals surface area contributed by atoms with Crippen molar-refractivity contribution >= 4 is 17.6 Å². The molecule has 0 saturated heterocycles. The van der Waals surface area contributed by atoms with Gasteiger partial charge in [-0.05, 0) is 6.92 Å². The maximum atomic E-state index is 10.3. The Hall–Kier alpha value is -2.12. The molecule has 74 valence electrons. The highest BCUT2D eigenvalue weighted by atomic mass is 16.4. The van der Waals surface area contributed by atoms with Crippen molar-refractivity contribution in [2.24, 2.45) is 10.1 Å². The van der Waals surface area contributed by atoms with Gasteiger partial charge < -0.3 is 5.11 Å². The van der Waals surface area contributed by atoms with E-state index in [1.54, 1.807) is 6.92 Å². The number of H-pyrrole nitrogens is 1. The first kappa shape index (κ1) is 9.96. The van der Waals surface area contributed by atoms with Crippen molar-refractivity contribution < 1.29 is 9.90 Å². The van der Waals surface area contributed by atoms with Crippen LogP contribution in [0.3, 0.4) is 0 Å². The number of aromatic amines is 1. The molecule has 0 radical (unpaired) electrons. The SMILES string of the molecule is Cc1n[nH]nc1N=C(CC(=O)O)N=N. The van der Waals surface area contributed by atoms with E-state index >= 15 is 0 Å². The second-order valence-corrected chi connectivity index (χ2v) is 2.44. The smallest absolute Gasteiger partial charge is 0.311 e. The molecule has 0 aromatic carbocycles. The van der Waals surface area contributed by atoms with Gasteiger partial charge in [-0.2, -0.15) is 10.3 Å². The van der Waals surface area contributed by atoms with Crippen molar-refractivity contribution in [3.8, 4) is 0 Å². The molecule has 0 unspecified atom stereocenters. The van der Waals surface area contributed by atoms with Crippen molar-refractivity contribution in [3.05, 3.63) is 5.69 Å². The van der Waals surface area contributed by atoms with Gasteiger partial charge in [0.25, 0.3) is 0 Å². The van der Waals surface area contributed by atoms with Crippen LogP contribution >= 0.6 is 0 Å². The van der Waals surface area contributed by atoms with Gasteiger partial charge in [0.05, 0.1) is 0 Å². The average Bonchev–Trinajstić information content (AvgIpc) is 2.50. The van der Waals surface area contributed by atoms with E-state index in [2.05, 4.69) is 25.5 Å². The van der Waals surface area contributed by atoms with E-state index < -0.39 is 12.4 Å². The van der Waals surface area contributed by atoms with Gasteiger partial charge in [0.1, 0.15) is 12.1 Å². The normalized spacial score (nSPS) is 11.4.